The molecule has 1 unspecified atom stereocenters. The smallest absolute Gasteiger partial charge is 0.130 e. The molecular weight excluding hydrogens is 212 g/mol. The highest BCUT2D eigenvalue weighted by molar-refractivity contribution is 5.07. The van der Waals surface area contributed by atoms with Crippen molar-refractivity contribution >= 4 is 0 Å². The number of likely N-dealkylation sites (N-methyl/N-ethyl adjacent to an activating group) is 1. The molecule has 2 rings (SSSR count). The zero-order chi connectivity index (χ0) is 12.3. The lowest BCUT2D eigenvalue weighted by atomic mass is 10.1. The quantitative estimate of drug-likeness (QED) is 0.848. The summed E-state index contributed by atoms with van der Waals surface area (Å²) in [6, 6.07) is 2.53. The van der Waals surface area contributed by atoms with Gasteiger partial charge in [-0.2, -0.15) is 0 Å². The van der Waals surface area contributed by atoms with Crippen LogP contribution in [-0.4, -0.2) is 47.6 Å². The fourth-order valence-electron chi connectivity index (χ4n) is 2.14. The van der Waals surface area contributed by atoms with Gasteiger partial charge in [0.05, 0.1) is 0 Å². The summed E-state index contributed by atoms with van der Waals surface area (Å²) in [5, 5.41) is 3.43. The molecule has 1 saturated heterocycles. The molecule has 0 aliphatic carbocycles. The first-order valence-corrected chi connectivity index (χ1v) is 6.39. The minimum atomic E-state index is 0.471. The minimum absolute atomic E-state index is 0.471. The summed E-state index contributed by atoms with van der Waals surface area (Å²) >= 11 is 0. The summed E-state index contributed by atoms with van der Waals surface area (Å²) in [5.41, 5.74) is 1.14. The summed E-state index contributed by atoms with van der Waals surface area (Å²) in [6.07, 6.45) is 2.82. The maximum atomic E-state index is 4.64. The molecule has 1 aliphatic heterocycles. The van der Waals surface area contributed by atoms with Crippen LogP contribution < -0.4 is 5.32 Å². The molecule has 1 atom stereocenters. The molecule has 4 nitrogen and oxygen atoms in total. The first-order chi connectivity index (χ1) is 8.16. The minimum Gasteiger partial charge on any atom is -0.314 e. The third-order valence-electron chi connectivity index (χ3n) is 3.38. The SMILES string of the molecule is CC(C)c1ccnc(CC2CNCCN2C)n1. The van der Waals surface area contributed by atoms with Gasteiger partial charge in [-0.25, -0.2) is 9.97 Å². The Balaban J connectivity index is 2.04. The lowest BCUT2D eigenvalue weighted by Gasteiger charge is -2.32. The van der Waals surface area contributed by atoms with Crippen LogP contribution in [0.5, 0.6) is 0 Å². The lowest BCUT2D eigenvalue weighted by molar-refractivity contribution is 0.197. The van der Waals surface area contributed by atoms with Crippen LogP contribution in [-0.2, 0) is 6.42 Å². The van der Waals surface area contributed by atoms with Gasteiger partial charge in [-0.3, -0.25) is 0 Å². The Morgan fingerprint density at radius 1 is 1.53 bits per heavy atom. The van der Waals surface area contributed by atoms with Crippen molar-refractivity contribution in [3.05, 3.63) is 23.8 Å². The molecule has 2 heterocycles. The standard InChI is InChI=1S/C13H22N4/c1-10(2)12-4-5-15-13(16-12)8-11-9-14-6-7-17(11)3/h4-5,10-11,14H,6-9H2,1-3H3. The molecular formula is C13H22N4. The first-order valence-electron chi connectivity index (χ1n) is 6.39. The molecule has 0 radical (unpaired) electrons. The molecule has 1 aromatic heterocycles. The van der Waals surface area contributed by atoms with Gasteiger partial charge < -0.3 is 10.2 Å². The predicted molar refractivity (Wildman–Crippen MR) is 69.1 cm³/mol. The summed E-state index contributed by atoms with van der Waals surface area (Å²) in [6.45, 7) is 7.56. The maximum absolute atomic E-state index is 4.64. The van der Waals surface area contributed by atoms with Crippen LogP contribution in [0.4, 0.5) is 0 Å². The Kier molecular flexibility index (Phi) is 4.07. The Morgan fingerprint density at radius 2 is 2.35 bits per heavy atom. The van der Waals surface area contributed by atoms with Crippen LogP contribution in [0.2, 0.25) is 0 Å². The Morgan fingerprint density at radius 3 is 3.06 bits per heavy atom. The van der Waals surface area contributed by atoms with Crippen molar-refractivity contribution in [3.8, 4) is 0 Å². The second-order valence-electron chi connectivity index (χ2n) is 5.10. The molecule has 1 N–H and O–H groups in total. The van der Waals surface area contributed by atoms with E-state index in [-0.39, 0.29) is 0 Å². The average Bonchev–Trinajstić information content (AvgIpc) is 2.32. The number of nitrogens with one attached hydrogen (secondary N) is 1. The zero-order valence-corrected chi connectivity index (χ0v) is 11.0. The van der Waals surface area contributed by atoms with Crippen LogP contribution in [0.25, 0.3) is 0 Å². The van der Waals surface area contributed by atoms with Gasteiger partial charge in [0.15, 0.2) is 0 Å². The van der Waals surface area contributed by atoms with Gasteiger partial charge in [-0.05, 0) is 19.0 Å². The topological polar surface area (TPSA) is 41.1 Å². The third kappa shape index (κ3) is 3.23. The number of nitrogens with zero attached hydrogens (tertiary/aromatic N) is 3. The van der Waals surface area contributed by atoms with E-state index >= 15 is 0 Å². The van der Waals surface area contributed by atoms with E-state index in [1.165, 1.54) is 0 Å². The maximum Gasteiger partial charge on any atom is 0.130 e. The predicted octanol–water partition coefficient (Wildman–Crippen LogP) is 1.05. The molecule has 1 aliphatic rings. The summed E-state index contributed by atoms with van der Waals surface area (Å²) in [5.74, 6) is 1.44. The molecule has 1 aromatic rings. The van der Waals surface area contributed by atoms with Gasteiger partial charge in [-0.1, -0.05) is 13.8 Å². The van der Waals surface area contributed by atoms with E-state index in [1.54, 1.807) is 0 Å². The normalized spacial score (nSPS) is 22.0. The molecule has 1 fully saturated rings. The second kappa shape index (κ2) is 5.56. The first kappa shape index (κ1) is 12.5. The molecule has 0 bridgehead atoms. The van der Waals surface area contributed by atoms with Crippen molar-refractivity contribution in [2.75, 3.05) is 26.7 Å². The van der Waals surface area contributed by atoms with E-state index in [2.05, 4.69) is 41.1 Å². The Hall–Kier alpha value is -1.00. The van der Waals surface area contributed by atoms with Crippen molar-refractivity contribution in [1.82, 2.24) is 20.2 Å². The summed E-state index contributed by atoms with van der Waals surface area (Å²) in [4.78, 5) is 11.4. The van der Waals surface area contributed by atoms with Crippen LogP contribution in [0.15, 0.2) is 12.3 Å². The Bertz CT molecular complexity index is 364. The summed E-state index contributed by atoms with van der Waals surface area (Å²) < 4.78 is 0. The molecule has 0 aromatic carbocycles. The highest BCUT2D eigenvalue weighted by Crippen LogP contribution is 2.12. The molecule has 0 spiro atoms. The number of hydrogen-bond donors (Lipinski definition) is 1. The van der Waals surface area contributed by atoms with Crippen LogP contribution in [0.3, 0.4) is 0 Å². The van der Waals surface area contributed by atoms with E-state index in [0.29, 0.717) is 12.0 Å². The highest BCUT2D eigenvalue weighted by atomic mass is 15.2. The second-order valence-corrected chi connectivity index (χ2v) is 5.10. The monoisotopic (exact) mass is 234 g/mol. The number of rotatable bonds is 3. The van der Waals surface area contributed by atoms with E-state index in [1.807, 2.05) is 12.3 Å². The fraction of sp³-hybridized carbons (Fsp3) is 0.692. The van der Waals surface area contributed by atoms with Gasteiger partial charge in [0.2, 0.25) is 0 Å². The van der Waals surface area contributed by atoms with Crippen LogP contribution >= 0.6 is 0 Å². The van der Waals surface area contributed by atoms with Gasteiger partial charge in [0, 0.05) is 44.0 Å². The molecule has 0 amide bonds. The van der Waals surface area contributed by atoms with Crippen molar-refractivity contribution in [3.63, 3.8) is 0 Å². The largest absolute Gasteiger partial charge is 0.314 e. The average molecular weight is 234 g/mol. The van der Waals surface area contributed by atoms with E-state index in [4.69, 9.17) is 0 Å². The molecule has 94 valence electrons. The van der Waals surface area contributed by atoms with E-state index in [0.717, 1.165) is 37.6 Å². The van der Waals surface area contributed by atoms with Crippen molar-refractivity contribution in [1.29, 1.82) is 0 Å². The van der Waals surface area contributed by atoms with Gasteiger partial charge in [0.25, 0.3) is 0 Å². The van der Waals surface area contributed by atoms with Gasteiger partial charge >= 0.3 is 0 Å². The van der Waals surface area contributed by atoms with Crippen molar-refractivity contribution in [2.45, 2.75) is 32.2 Å². The highest BCUT2D eigenvalue weighted by Gasteiger charge is 2.20. The van der Waals surface area contributed by atoms with Gasteiger partial charge in [-0.15, -0.1) is 0 Å². The number of hydrogen-bond acceptors (Lipinski definition) is 4. The number of piperazine rings is 1. The molecule has 17 heavy (non-hydrogen) atoms. The molecule has 4 heteroatoms. The van der Waals surface area contributed by atoms with Crippen LogP contribution in [0.1, 0.15) is 31.3 Å². The zero-order valence-electron chi connectivity index (χ0n) is 11.0. The van der Waals surface area contributed by atoms with Crippen LogP contribution in [0, 0.1) is 0 Å². The Labute approximate surface area is 103 Å². The van der Waals surface area contributed by atoms with E-state index in [9.17, 15) is 0 Å². The van der Waals surface area contributed by atoms with Gasteiger partial charge in [0.1, 0.15) is 5.82 Å². The van der Waals surface area contributed by atoms with Crippen molar-refractivity contribution in [2.24, 2.45) is 0 Å². The summed E-state index contributed by atoms with van der Waals surface area (Å²) in [7, 11) is 2.18. The lowest BCUT2D eigenvalue weighted by Crippen LogP contribution is -2.50. The molecule has 0 saturated carbocycles. The number of aromatic nitrogens is 2. The fourth-order valence-corrected chi connectivity index (χ4v) is 2.14. The third-order valence-corrected chi connectivity index (χ3v) is 3.38. The van der Waals surface area contributed by atoms with E-state index < -0.39 is 0 Å². The van der Waals surface area contributed by atoms with Crippen molar-refractivity contribution < 1.29 is 0 Å².